The topological polar surface area (TPSA) is 58.6 Å². The van der Waals surface area contributed by atoms with E-state index in [-0.39, 0.29) is 12.0 Å². The highest BCUT2D eigenvalue weighted by Gasteiger charge is 2.30. The summed E-state index contributed by atoms with van der Waals surface area (Å²) in [5, 5.41) is 12.6. The Kier molecular flexibility index (Phi) is 3.98. The first-order chi connectivity index (χ1) is 11.7. The summed E-state index contributed by atoms with van der Waals surface area (Å²) < 4.78 is 5.49. The largest absolute Gasteiger partial charge is 0.449 e. The highest BCUT2D eigenvalue weighted by molar-refractivity contribution is 5.79. The van der Waals surface area contributed by atoms with Crippen LogP contribution in [0.3, 0.4) is 0 Å². The molecule has 4 heteroatoms. The molecule has 2 aromatic rings. The van der Waals surface area contributed by atoms with Gasteiger partial charge in [-0.15, -0.1) is 0 Å². The molecule has 2 N–H and O–H groups in total. The number of benzene rings is 2. The van der Waals surface area contributed by atoms with Gasteiger partial charge in [0.1, 0.15) is 6.61 Å². The summed E-state index contributed by atoms with van der Waals surface area (Å²) in [6, 6.07) is 16.4. The Labute approximate surface area is 141 Å². The van der Waals surface area contributed by atoms with Crippen molar-refractivity contribution >= 4 is 6.09 Å². The zero-order valence-electron chi connectivity index (χ0n) is 13.4. The standard InChI is InChI=1S/C20H21NO3/c22-19-11-5-10-18(19)21-20(23)24-12-17-15-8-3-1-6-13(15)14-7-2-4-9-16(14)17/h1-4,6-9,17-19,22H,5,10-12H2,(H,21,23)/t18-,19+/m0/s1. The Morgan fingerprint density at radius 3 is 2.25 bits per heavy atom. The van der Waals surface area contributed by atoms with E-state index in [1.54, 1.807) is 0 Å². The second-order valence-corrected chi connectivity index (χ2v) is 6.57. The van der Waals surface area contributed by atoms with Crippen molar-refractivity contribution in [2.75, 3.05) is 6.61 Å². The molecule has 2 aromatic carbocycles. The zero-order chi connectivity index (χ0) is 16.5. The molecule has 2 aliphatic rings. The highest BCUT2D eigenvalue weighted by Crippen LogP contribution is 2.44. The fourth-order valence-electron chi connectivity index (χ4n) is 3.90. The average molecular weight is 323 g/mol. The maximum Gasteiger partial charge on any atom is 0.407 e. The van der Waals surface area contributed by atoms with Crippen LogP contribution in [0.5, 0.6) is 0 Å². The van der Waals surface area contributed by atoms with Gasteiger partial charge in [-0.2, -0.15) is 0 Å². The number of amides is 1. The third-order valence-corrected chi connectivity index (χ3v) is 5.13. The minimum absolute atomic E-state index is 0.0663. The molecule has 0 unspecified atom stereocenters. The molecule has 0 heterocycles. The molecule has 2 aliphatic carbocycles. The van der Waals surface area contributed by atoms with Gasteiger partial charge in [-0.3, -0.25) is 0 Å². The SMILES string of the molecule is O=C(N[C@H]1CCC[C@H]1O)OCC1c2ccccc2-c2ccccc21. The molecule has 0 spiro atoms. The number of carbonyl (C=O) groups excluding carboxylic acids is 1. The Bertz CT molecular complexity index is 713. The number of aliphatic hydroxyl groups is 1. The monoisotopic (exact) mass is 323 g/mol. The molecule has 2 atom stereocenters. The molecule has 124 valence electrons. The van der Waals surface area contributed by atoms with Crippen LogP contribution < -0.4 is 5.32 Å². The lowest BCUT2D eigenvalue weighted by Crippen LogP contribution is -2.40. The van der Waals surface area contributed by atoms with Crippen LogP contribution in [-0.2, 0) is 4.74 Å². The molecule has 0 aliphatic heterocycles. The van der Waals surface area contributed by atoms with Gasteiger partial charge < -0.3 is 15.2 Å². The second-order valence-electron chi connectivity index (χ2n) is 6.57. The smallest absolute Gasteiger partial charge is 0.407 e. The fraction of sp³-hybridized carbons (Fsp3) is 0.350. The molecule has 1 fully saturated rings. The number of nitrogens with one attached hydrogen (secondary N) is 1. The van der Waals surface area contributed by atoms with Gasteiger partial charge in [0.05, 0.1) is 12.1 Å². The molecule has 4 nitrogen and oxygen atoms in total. The van der Waals surface area contributed by atoms with Gasteiger partial charge in [0.15, 0.2) is 0 Å². The van der Waals surface area contributed by atoms with Gasteiger partial charge in [0, 0.05) is 5.92 Å². The normalized spacial score (nSPS) is 22.0. The number of ether oxygens (including phenoxy) is 1. The van der Waals surface area contributed by atoms with Gasteiger partial charge in [0.25, 0.3) is 0 Å². The van der Waals surface area contributed by atoms with Gasteiger partial charge in [-0.1, -0.05) is 48.5 Å². The summed E-state index contributed by atoms with van der Waals surface area (Å²) in [7, 11) is 0. The summed E-state index contributed by atoms with van der Waals surface area (Å²) >= 11 is 0. The van der Waals surface area contributed by atoms with Gasteiger partial charge in [-0.05, 0) is 41.5 Å². The summed E-state index contributed by atoms with van der Waals surface area (Å²) in [5.41, 5.74) is 4.83. The Hall–Kier alpha value is -2.33. The van der Waals surface area contributed by atoms with E-state index >= 15 is 0 Å². The molecule has 0 aromatic heterocycles. The molecule has 0 bridgehead atoms. The van der Waals surface area contributed by atoms with Gasteiger partial charge in [-0.25, -0.2) is 4.79 Å². The van der Waals surface area contributed by atoms with Crippen LogP contribution >= 0.6 is 0 Å². The first-order valence-electron chi connectivity index (χ1n) is 8.53. The lowest BCUT2D eigenvalue weighted by molar-refractivity contribution is 0.115. The fourth-order valence-corrected chi connectivity index (χ4v) is 3.90. The highest BCUT2D eigenvalue weighted by atomic mass is 16.5. The number of fused-ring (bicyclic) bond motifs is 3. The molecule has 1 amide bonds. The molecule has 1 saturated carbocycles. The third-order valence-electron chi connectivity index (χ3n) is 5.13. The minimum Gasteiger partial charge on any atom is -0.449 e. The van der Waals surface area contributed by atoms with Gasteiger partial charge >= 0.3 is 6.09 Å². The molecule has 0 radical (unpaired) electrons. The van der Waals surface area contributed by atoms with Crippen molar-refractivity contribution in [1.29, 1.82) is 0 Å². The summed E-state index contributed by atoms with van der Waals surface area (Å²) in [6.45, 7) is 0.308. The number of hydrogen-bond acceptors (Lipinski definition) is 3. The van der Waals surface area contributed by atoms with Crippen LogP contribution in [0.1, 0.15) is 36.3 Å². The van der Waals surface area contributed by atoms with E-state index in [0.29, 0.717) is 6.61 Å². The van der Waals surface area contributed by atoms with E-state index in [9.17, 15) is 9.90 Å². The molecular weight excluding hydrogens is 302 g/mol. The predicted molar refractivity (Wildman–Crippen MR) is 91.9 cm³/mol. The van der Waals surface area contributed by atoms with E-state index in [1.807, 2.05) is 24.3 Å². The third kappa shape index (κ3) is 2.67. The summed E-state index contributed by atoms with van der Waals surface area (Å²) in [5.74, 6) is 0.0663. The van der Waals surface area contributed by atoms with E-state index in [1.165, 1.54) is 22.3 Å². The summed E-state index contributed by atoms with van der Waals surface area (Å²) in [4.78, 5) is 12.1. The van der Waals surface area contributed by atoms with Crippen molar-refractivity contribution in [3.8, 4) is 11.1 Å². The maximum absolute atomic E-state index is 12.1. The zero-order valence-corrected chi connectivity index (χ0v) is 13.4. The number of aliphatic hydroxyl groups excluding tert-OH is 1. The Balaban J connectivity index is 1.47. The van der Waals surface area contributed by atoms with Crippen molar-refractivity contribution < 1.29 is 14.6 Å². The van der Waals surface area contributed by atoms with Crippen LogP contribution in [0.25, 0.3) is 11.1 Å². The first-order valence-corrected chi connectivity index (χ1v) is 8.53. The first kappa shape index (κ1) is 15.2. The van der Waals surface area contributed by atoms with Crippen molar-refractivity contribution in [2.45, 2.75) is 37.3 Å². The average Bonchev–Trinajstić information content (AvgIpc) is 3.15. The Morgan fingerprint density at radius 1 is 1.04 bits per heavy atom. The van der Waals surface area contributed by atoms with Gasteiger partial charge in [0.2, 0.25) is 0 Å². The van der Waals surface area contributed by atoms with Crippen LogP contribution in [0.2, 0.25) is 0 Å². The van der Waals surface area contributed by atoms with E-state index in [4.69, 9.17) is 4.74 Å². The quantitative estimate of drug-likeness (QED) is 0.910. The van der Waals surface area contributed by atoms with Crippen LogP contribution in [-0.4, -0.2) is 30.0 Å². The van der Waals surface area contributed by atoms with E-state index in [2.05, 4.69) is 29.6 Å². The molecule has 0 saturated heterocycles. The van der Waals surface area contributed by atoms with Crippen LogP contribution in [0, 0.1) is 0 Å². The van der Waals surface area contributed by atoms with Crippen molar-refractivity contribution in [2.24, 2.45) is 0 Å². The number of alkyl carbamates (subject to hydrolysis) is 1. The molecule has 24 heavy (non-hydrogen) atoms. The minimum atomic E-state index is -0.453. The van der Waals surface area contributed by atoms with Crippen LogP contribution in [0.4, 0.5) is 4.79 Å². The number of hydrogen-bond donors (Lipinski definition) is 2. The van der Waals surface area contributed by atoms with Crippen molar-refractivity contribution in [3.63, 3.8) is 0 Å². The lowest BCUT2D eigenvalue weighted by Gasteiger charge is -2.18. The summed E-state index contributed by atoms with van der Waals surface area (Å²) in [6.07, 6.45) is 1.60. The molecule has 4 rings (SSSR count). The van der Waals surface area contributed by atoms with Crippen molar-refractivity contribution in [1.82, 2.24) is 5.32 Å². The van der Waals surface area contributed by atoms with E-state index in [0.717, 1.165) is 19.3 Å². The van der Waals surface area contributed by atoms with Crippen molar-refractivity contribution in [3.05, 3.63) is 59.7 Å². The lowest BCUT2D eigenvalue weighted by atomic mass is 9.98. The number of rotatable bonds is 3. The maximum atomic E-state index is 12.1. The Morgan fingerprint density at radius 2 is 1.67 bits per heavy atom. The molecular formula is C20H21NO3. The number of carbonyl (C=O) groups is 1. The van der Waals surface area contributed by atoms with E-state index < -0.39 is 12.2 Å². The van der Waals surface area contributed by atoms with Crippen LogP contribution in [0.15, 0.2) is 48.5 Å². The second kappa shape index (κ2) is 6.29. The predicted octanol–water partition coefficient (Wildman–Crippen LogP) is 3.44.